The zero-order chi connectivity index (χ0) is 16.8. The third-order valence-electron chi connectivity index (χ3n) is 4.49. The molecule has 22 heavy (non-hydrogen) atoms. The summed E-state index contributed by atoms with van der Waals surface area (Å²) in [7, 11) is 0. The summed E-state index contributed by atoms with van der Waals surface area (Å²) in [6, 6.07) is 0. The zero-order valence-corrected chi connectivity index (χ0v) is 14.9. The molecule has 0 spiro atoms. The van der Waals surface area contributed by atoms with Crippen molar-refractivity contribution >= 4 is 5.97 Å². The fraction of sp³-hybridized carbons (Fsp3) is 0.941. The van der Waals surface area contributed by atoms with Crippen LogP contribution in [0.3, 0.4) is 0 Å². The largest absolute Gasteiger partial charge is 0.457 e. The van der Waals surface area contributed by atoms with Gasteiger partial charge in [0, 0.05) is 0 Å². The van der Waals surface area contributed by atoms with Crippen molar-refractivity contribution < 1.29 is 23.7 Å². The van der Waals surface area contributed by atoms with Gasteiger partial charge >= 0.3 is 5.97 Å². The third kappa shape index (κ3) is 5.86. The second kappa shape index (κ2) is 8.27. The van der Waals surface area contributed by atoms with E-state index in [2.05, 4.69) is 20.8 Å². The molecule has 0 bridgehead atoms. The summed E-state index contributed by atoms with van der Waals surface area (Å²) in [4.78, 5) is 12.1. The van der Waals surface area contributed by atoms with Gasteiger partial charge in [-0.2, -0.15) is 0 Å². The Bertz CT molecular complexity index is 351. The van der Waals surface area contributed by atoms with Crippen LogP contribution in [0.2, 0.25) is 0 Å². The molecule has 1 heterocycles. The van der Waals surface area contributed by atoms with Crippen molar-refractivity contribution in [2.24, 2.45) is 10.8 Å². The van der Waals surface area contributed by atoms with E-state index in [-0.39, 0.29) is 30.4 Å². The van der Waals surface area contributed by atoms with E-state index in [0.29, 0.717) is 19.8 Å². The van der Waals surface area contributed by atoms with E-state index in [1.54, 1.807) is 0 Å². The zero-order valence-electron chi connectivity index (χ0n) is 14.9. The molecule has 5 nitrogen and oxygen atoms in total. The number of ether oxygens (including phenoxy) is 4. The predicted molar refractivity (Wildman–Crippen MR) is 84.5 cm³/mol. The molecule has 1 saturated heterocycles. The van der Waals surface area contributed by atoms with Gasteiger partial charge < -0.3 is 18.9 Å². The van der Waals surface area contributed by atoms with Crippen LogP contribution in [-0.4, -0.2) is 44.8 Å². The lowest BCUT2D eigenvalue weighted by Crippen LogP contribution is -2.37. The number of esters is 1. The molecule has 1 rings (SSSR count). The molecule has 0 aromatic heterocycles. The first kappa shape index (κ1) is 19.4. The van der Waals surface area contributed by atoms with Crippen LogP contribution in [0.25, 0.3) is 0 Å². The Morgan fingerprint density at radius 3 is 2.32 bits per heavy atom. The molecule has 0 N–H and O–H groups in total. The molecular formula is C17H32O5. The number of hydrogen-bond donors (Lipinski definition) is 0. The Hall–Kier alpha value is -0.650. The molecule has 5 heteroatoms. The van der Waals surface area contributed by atoms with E-state index in [4.69, 9.17) is 18.9 Å². The summed E-state index contributed by atoms with van der Waals surface area (Å²) in [6.45, 7) is 13.9. The molecular weight excluding hydrogens is 284 g/mol. The van der Waals surface area contributed by atoms with E-state index in [1.165, 1.54) is 0 Å². The topological polar surface area (TPSA) is 54.0 Å². The SMILES string of the molecule is CCC(C)(C)COCOC1COCC1OC(=O)C(C)(C)CC. The van der Waals surface area contributed by atoms with Gasteiger partial charge in [-0.25, -0.2) is 0 Å². The Balaban J connectivity index is 2.36. The average Bonchev–Trinajstić information content (AvgIpc) is 2.91. The minimum atomic E-state index is -0.477. The number of carbonyl (C=O) groups is 1. The molecule has 0 aliphatic carbocycles. The molecule has 2 atom stereocenters. The van der Waals surface area contributed by atoms with Gasteiger partial charge in [-0.3, -0.25) is 4.79 Å². The van der Waals surface area contributed by atoms with Crippen LogP contribution in [0.4, 0.5) is 0 Å². The van der Waals surface area contributed by atoms with Crippen molar-refractivity contribution in [3.63, 3.8) is 0 Å². The minimum Gasteiger partial charge on any atom is -0.457 e. The van der Waals surface area contributed by atoms with Crippen LogP contribution in [0.15, 0.2) is 0 Å². The van der Waals surface area contributed by atoms with E-state index < -0.39 is 5.41 Å². The highest BCUT2D eigenvalue weighted by molar-refractivity contribution is 5.76. The van der Waals surface area contributed by atoms with Crippen molar-refractivity contribution in [3.05, 3.63) is 0 Å². The van der Waals surface area contributed by atoms with Crippen LogP contribution in [0.1, 0.15) is 54.4 Å². The van der Waals surface area contributed by atoms with Crippen molar-refractivity contribution in [1.82, 2.24) is 0 Å². The summed E-state index contributed by atoms with van der Waals surface area (Å²) in [5.74, 6) is -0.202. The van der Waals surface area contributed by atoms with Crippen LogP contribution in [0.5, 0.6) is 0 Å². The van der Waals surface area contributed by atoms with Crippen molar-refractivity contribution in [2.75, 3.05) is 26.6 Å². The van der Waals surface area contributed by atoms with Crippen LogP contribution < -0.4 is 0 Å². The van der Waals surface area contributed by atoms with Crippen molar-refractivity contribution in [2.45, 2.75) is 66.6 Å². The molecule has 130 valence electrons. The van der Waals surface area contributed by atoms with Crippen LogP contribution in [-0.2, 0) is 23.7 Å². The van der Waals surface area contributed by atoms with E-state index in [9.17, 15) is 4.79 Å². The van der Waals surface area contributed by atoms with E-state index in [0.717, 1.165) is 12.8 Å². The standard InChI is InChI=1S/C17H32O5/c1-7-16(3,4)11-20-12-21-13-9-19-10-14(13)22-15(18)17(5,6)8-2/h13-14H,7-12H2,1-6H3. The minimum absolute atomic E-state index is 0.145. The highest BCUT2D eigenvalue weighted by Crippen LogP contribution is 2.25. The first-order chi connectivity index (χ1) is 10.2. The normalized spacial score (nSPS) is 22.8. The number of carbonyl (C=O) groups excluding carboxylic acids is 1. The average molecular weight is 316 g/mol. The molecule has 1 fully saturated rings. The summed E-state index contributed by atoms with van der Waals surface area (Å²) >= 11 is 0. The Kier molecular flexibility index (Phi) is 7.29. The Morgan fingerprint density at radius 2 is 1.73 bits per heavy atom. The van der Waals surface area contributed by atoms with Gasteiger partial charge in [0.05, 0.1) is 25.2 Å². The number of rotatable bonds is 9. The van der Waals surface area contributed by atoms with Gasteiger partial charge in [0.1, 0.15) is 12.9 Å². The van der Waals surface area contributed by atoms with Gasteiger partial charge in [0.2, 0.25) is 0 Å². The quantitative estimate of drug-likeness (QED) is 0.371. The van der Waals surface area contributed by atoms with Gasteiger partial charge in [-0.05, 0) is 32.1 Å². The van der Waals surface area contributed by atoms with Gasteiger partial charge in [-0.1, -0.05) is 27.7 Å². The molecule has 0 saturated carbocycles. The maximum atomic E-state index is 12.1. The van der Waals surface area contributed by atoms with Crippen LogP contribution in [0, 0.1) is 10.8 Å². The molecule has 1 aliphatic heterocycles. The molecule has 0 amide bonds. The molecule has 1 aliphatic rings. The summed E-state index contributed by atoms with van der Waals surface area (Å²) in [5, 5.41) is 0. The lowest BCUT2D eigenvalue weighted by atomic mass is 9.90. The molecule has 0 aromatic rings. The maximum Gasteiger partial charge on any atom is 0.311 e. The van der Waals surface area contributed by atoms with Gasteiger partial charge in [0.25, 0.3) is 0 Å². The lowest BCUT2D eigenvalue weighted by molar-refractivity contribution is -0.172. The molecule has 2 unspecified atom stereocenters. The second-order valence-electron chi connectivity index (χ2n) is 7.41. The monoisotopic (exact) mass is 316 g/mol. The fourth-order valence-electron chi connectivity index (χ4n) is 1.78. The maximum absolute atomic E-state index is 12.1. The molecule has 0 aromatic carbocycles. The highest BCUT2D eigenvalue weighted by atomic mass is 16.7. The van der Waals surface area contributed by atoms with Gasteiger partial charge in [-0.15, -0.1) is 0 Å². The van der Waals surface area contributed by atoms with Crippen LogP contribution >= 0.6 is 0 Å². The Labute approximate surface area is 134 Å². The summed E-state index contributed by atoms with van der Waals surface area (Å²) in [6.07, 6.45) is 1.19. The summed E-state index contributed by atoms with van der Waals surface area (Å²) in [5.41, 5.74) is -0.332. The third-order valence-corrected chi connectivity index (χ3v) is 4.49. The first-order valence-electron chi connectivity index (χ1n) is 8.20. The smallest absolute Gasteiger partial charge is 0.311 e. The fourth-order valence-corrected chi connectivity index (χ4v) is 1.78. The Morgan fingerprint density at radius 1 is 1.09 bits per heavy atom. The van der Waals surface area contributed by atoms with E-state index >= 15 is 0 Å². The lowest BCUT2D eigenvalue weighted by Gasteiger charge is -2.26. The first-order valence-corrected chi connectivity index (χ1v) is 8.20. The number of hydrogen-bond acceptors (Lipinski definition) is 5. The van der Waals surface area contributed by atoms with Gasteiger partial charge in [0.15, 0.2) is 6.10 Å². The van der Waals surface area contributed by atoms with Crippen molar-refractivity contribution in [3.8, 4) is 0 Å². The summed E-state index contributed by atoms with van der Waals surface area (Å²) < 4.78 is 22.2. The van der Waals surface area contributed by atoms with Crippen molar-refractivity contribution in [1.29, 1.82) is 0 Å². The second-order valence-corrected chi connectivity index (χ2v) is 7.41. The predicted octanol–water partition coefficient (Wildman–Crippen LogP) is 3.16. The molecule has 0 radical (unpaired) electrons. The van der Waals surface area contributed by atoms with E-state index in [1.807, 2.05) is 20.8 Å². The highest BCUT2D eigenvalue weighted by Gasteiger charge is 2.36.